The SMILES string of the molecule is CCO[P+](=O)c1c(C(=O)O)n(S)c2ccc(I)cc12. The van der Waals surface area contributed by atoms with Crippen LogP contribution in [0.25, 0.3) is 10.9 Å². The van der Waals surface area contributed by atoms with E-state index in [9.17, 15) is 14.5 Å². The Hall–Kier alpha value is -0.630. The quantitative estimate of drug-likeness (QED) is 0.462. The van der Waals surface area contributed by atoms with Crippen LogP contribution in [0.15, 0.2) is 18.2 Å². The van der Waals surface area contributed by atoms with Gasteiger partial charge in [-0.2, -0.15) is 0 Å². The second-order valence-corrected chi connectivity index (χ2v) is 6.52. The van der Waals surface area contributed by atoms with E-state index >= 15 is 0 Å². The van der Waals surface area contributed by atoms with E-state index in [-0.39, 0.29) is 17.6 Å². The molecule has 0 saturated carbocycles. The molecule has 100 valence electrons. The fourth-order valence-electron chi connectivity index (χ4n) is 1.79. The molecule has 1 atom stereocenters. The third-order valence-electron chi connectivity index (χ3n) is 2.51. The maximum absolute atomic E-state index is 12.1. The van der Waals surface area contributed by atoms with Gasteiger partial charge in [-0.05, 0) is 52.3 Å². The molecule has 2 rings (SSSR count). The van der Waals surface area contributed by atoms with Crippen LogP contribution < -0.4 is 5.30 Å². The molecule has 1 aromatic heterocycles. The molecule has 1 unspecified atom stereocenters. The summed E-state index contributed by atoms with van der Waals surface area (Å²) in [6.07, 6.45) is 0. The third-order valence-corrected chi connectivity index (χ3v) is 4.91. The molecule has 5 nitrogen and oxygen atoms in total. The molecule has 2 aromatic rings. The Bertz CT molecular complexity index is 685. The van der Waals surface area contributed by atoms with Gasteiger partial charge in [0.05, 0.1) is 10.9 Å². The number of hydrogen-bond acceptors (Lipinski definition) is 4. The van der Waals surface area contributed by atoms with Crippen molar-refractivity contribution in [2.45, 2.75) is 6.92 Å². The van der Waals surface area contributed by atoms with E-state index in [1.54, 1.807) is 19.1 Å². The van der Waals surface area contributed by atoms with Crippen LogP contribution in [0.4, 0.5) is 0 Å². The van der Waals surface area contributed by atoms with Gasteiger partial charge in [-0.15, -0.1) is 4.52 Å². The highest BCUT2D eigenvalue weighted by Crippen LogP contribution is 2.32. The lowest BCUT2D eigenvalue weighted by atomic mass is 10.2. The van der Waals surface area contributed by atoms with Crippen LogP contribution in [0.3, 0.4) is 0 Å². The standard InChI is InChI=1S/C11H9INO4PS/c1-2-17-18(16)10-7-5-6(12)3-4-8(7)13(19)9(10)11(14)15/h3-5,19H,2H2,1H3/p+1. The Morgan fingerprint density at radius 2 is 2.26 bits per heavy atom. The first-order valence-corrected chi connectivity index (χ1v) is 7.99. The Morgan fingerprint density at radius 1 is 1.58 bits per heavy atom. The summed E-state index contributed by atoms with van der Waals surface area (Å²) >= 11 is 6.28. The maximum Gasteiger partial charge on any atom is 0.552 e. The minimum absolute atomic E-state index is 0.116. The maximum atomic E-state index is 12.1. The summed E-state index contributed by atoms with van der Waals surface area (Å²) in [6.45, 7) is 1.95. The van der Waals surface area contributed by atoms with E-state index in [4.69, 9.17) is 4.52 Å². The molecule has 0 aliphatic rings. The summed E-state index contributed by atoms with van der Waals surface area (Å²) in [5.74, 6) is -1.18. The van der Waals surface area contributed by atoms with E-state index in [0.717, 1.165) is 3.57 Å². The van der Waals surface area contributed by atoms with Crippen molar-refractivity contribution in [2.75, 3.05) is 6.61 Å². The highest BCUT2D eigenvalue weighted by molar-refractivity contribution is 14.1. The first kappa shape index (κ1) is 14.8. The van der Waals surface area contributed by atoms with E-state index in [1.807, 2.05) is 6.07 Å². The number of carbonyl (C=O) groups is 1. The first-order chi connectivity index (χ1) is 8.97. The first-order valence-electron chi connectivity index (χ1n) is 5.34. The van der Waals surface area contributed by atoms with Crippen molar-refractivity contribution in [1.82, 2.24) is 3.97 Å². The van der Waals surface area contributed by atoms with Crippen LogP contribution in [0.1, 0.15) is 17.4 Å². The van der Waals surface area contributed by atoms with Crippen molar-refractivity contribution < 1.29 is 19.0 Å². The fraction of sp³-hybridized carbons (Fsp3) is 0.182. The van der Waals surface area contributed by atoms with E-state index in [1.165, 1.54) is 3.97 Å². The molecule has 1 heterocycles. The van der Waals surface area contributed by atoms with Crippen molar-refractivity contribution in [2.24, 2.45) is 0 Å². The Labute approximate surface area is 129 Å². The number of halogens is 1. The molecule has 1 aromatic carbocycles. The van der Waals surface area contributed by atoms with E-state index in [0.29, 0.717) is 10.9 Å². The van der Waals surface area contributed by atoms with Crippen molar-refractivity contribution >= 4 is 65.6 Å². The molecule has 0 spiro atoms. The predicted molar refractivity (Wildman–Crippen MR) is 84.9 cm³/mol. The summed E-state index contributed by atoms with van der Waals surface area (Å²) in [4.78, 5) is 11.4. The number of nitrogens with zero attached hydrogens (tertiary/aromatic N) is 1. The zero-order valence-electron chi connectivity index (χ0n) is 9.83. The molecule has 0 radical (unpaired) electrons. The Kier molecular flexibility index (Phi) is 4.50. The Morgan fingerprint density at radius 3 is 2.84 bits per heavy atom. The van der Waals surface area contributed by atoms with Gasteiger partial charge in [0.25, 0.3) is 5.30 Å². The van der Waals surface area contributed by atoms with Gasteiger partial charge in [-0.1, -0.05) is 12.8 Å². The molecule has 0 fully saturated rings. The number of aromatic carboxylic acids is 1. The normalized spacial score (nSPS) is 11.8. The predicted octanol–water partition coefficient (Wildman–Crippen LogP) is 3.04. The van der Waals surface area contributed by atoms with Gasteiger partial charge in [-0.3, -0.25) is 3.97 Å². The number of carboxylic acids is 1. The zero-order chi connectivity index (χ0) is 14.2. The average Bonchev–Trinajstić information content (AvgIpc) is 2.62. The van der Waals surface area contributed by atoms with Crippen LogP contribution in [-0.4, -0.2) is 21.7 Å². The van der Waals surface area contributed by atoms with Gasteiger partial charge in [0.1, 0.15) is 6.61 Å². The largest absolute Gasteiger partial charge is 0.552 e. The highest BCUT2D eigenvalue weighted by atomic mass is 127. The van der Waals surface area contributed by atoms with Crippen LogP contribution in [0, 0.1) is 3.57 Å². The summed E-state index contributed by atoms with van der Waals surface area (Å²) in [5.41, 5.74) is 0.481. The highest BCUT2D eigenvalue weighted by Gasteiger charge is 2.36. The second-order valence-electron chi connectivity index (χ2n) is 3.65. The third kappa shape index (κ3) is 2.65. The molecule has 0 aliphatic carbocycles. The van der Waals surface area contributed by atoms with E-state index in [2.05, 4.69) is 35.4 Å². The number of fused-ring (bicyclic) bond motifs is 1. The number of carboxylic acid groups (broad SMARTS) is 1. The molecule has 0 bridgehead atoms. The van der Waals surface area contributed by atoms with Gasteiger partial charge in [0.15, 0.2) is 5.69 Å². The van der Waals surface area contributed by atoms with Gasteiger partial charge in [0, 0.05) is 3.57 Å². The van der Waals surface area contributed by atoms with E-state index < -0.39 is 14.0 Å². The zero-order valence-corrected chi connectivity index (χ0v) is 13.8. The number of benzene rings is 1. The number of aromatic nitrogens is 1. The summed E-state index contributed by atoms with van der Waals surface area (Å²) < 4.78 is 19.3. The van der Waals surface area contributed by atoms with Crippen LogP contribution in [0.2, 0.25) is 0 Å². The number of rotatable bonds is 4. The molecule has 19 heavy (non-hydrogen) atoms. The van der Waals surface area contributed by atoms with Gasteiger partial charge in [-0.25, -0.2) is 4.79 Å². The smallest absolute Gasteiger partial charge is 0.476 e. The lowest BCUT2D eigenvalue weighted by molar-refractivity contribution is 0.0691. The molecule has 8 heteroatoms. The van der Waals surface area contributed by atoms with Gasteiger partial charge < -0.3 is 5.11 Å². The van der Waals surface area contributed by atoms with Crippen LogP contribution in [-0.2, 0) is 9.09 Å². The van der Waals surface area contributed by atoms with Crippen molar-refractivity contribution in [3.05, 3.63) is 27.5 Å². The molecular formula is C11H10INO4PS+. The Balaban J connectivity index is 2.83. The summed E-state index contributed by atoms with van der Waals surface area (Å²) in [7, 11) is -2.22. The van der Waals surface area contributed by atoms with Crippen molar-refractivity contribution in [3.8, 4) is 0 Å². The number of hydrogen-bond donors (Lipinski definition) is 2. The van der Waals surface area contributed by atoms with Crippen LogP contribution in [0.5, 0.6) is 0 Å². The average molecular weight is 410 g/mol. The fourth-order valence-corrected chi connectivity index (χ4v) is 3.83. The molecule has 0 aliphatic heterocycles. The molecular weight excluding hydrogens is 400 g/mol. The molecule has 0 amide bonds. The summed E-state index contributed by atoms with van der Waals surface area (Å²) in [5, 5.41) is 10.1. The van der Waals surface area contributed by atoms with Crippen LogP contribution >= 0.6 is 43.4 Å². The van der Waals surface area contributed by atoms with Gasteiger partial charge in [0.2, 0.25) is 0 Å². The summed E-state index contributed by atoms with van der Waals surface area (Å²) in [6, 6.07) is 5.35. The van der Waals surface area contributed by atoms with Crippen molar-refractivity contribution in [1.29, 1.82) is 0 Å². The molecule has 0 saturated heterocycles. The van der Waals surface area contributed by atoms with Crippen molar-refractivity contribution in [3.63, 3.8) is 0 Å². The lowest BCUT2D eigenvalue weighted by Crippen LogP contribution is -2.13. The minimum atomic E-state index is -2.22. The molecule has 1 N–H and O–H groups in total. The lowest BCUT2D eigenvalue weighted by Gasteiger charge is -1.96. The number of thiol groups is 1. The second kappa shape index (κ2) is 5.78. The van der Waals surface area contributed by atoms with Gasteiger partial charge >= 0.3 is 14.0 Å². The monoisotopic (exact) mass is 410 g/mol. The topological polar surface area (TPSA) is 68.5 Å². The minimum Gasteiger partial charge on any atom is -0.476 e.